The predicted molar refractivity (Wildman–Crippen MR) is 80.1 cm³/mol. The number of nitrogens with one attached hydrogen (secondary N) is 2. The van der Waals surface area contributed by atoms with Gasteiger partial charge in [0, 0.05) is 0 Å². The first-order chi connectivity index (χ1) is 10.1. The molecule has 8 nitrogen and oxygen atoms in total. The lowest BCUT2D eigenvalue weighted by Gasteiger charge is -2.29. The molecule has 22 heavy (non-hydrogen) atoms. The van der Waals surface area contributed by atoms with Gasteiger partial charge in [0.05, 0.1) is 19.7 Å². The van der Waals surface area contributed by atoms with Crippen LogP contribution in [0.15, 0.2) is 0 Å². The summed E-state index contributed by atoms with van der Waals surface area (Å²) in [6.07, 6.45) is -2.23. The van der Waals surface area contributed by atoms with Crippen LogP contribution in [0.25, 0.3) is 0 Å². The third-order valence-electron chi connectivity index (χ3n) is 2.72. The number of methoxy groups -OCH3 is 1. The lowest BCUT2D eigenvalue weighted by Crippen LogP contribution is -2.54. The Balaban J connectivity index is 4.57. The molecule has 0 radical (unpaired) electrons. The van der Waals surface area contributed by atoms with Crippen LogP contribution in [0.1, 0.15) is 40.5 Å². The highest BCUT2D eigenvalue weighted by Gasteiger charge is 2.29. The molecule has 3 unspecified atom stereocenters. The van der Waals surface area contributed by atoms with Crippen molar-refractivity contribution < 1.29 is 29.3 Å². The molecule has 0 aromatic carbocycles. The first-order valence-corrected chi connectivity index (χ1v) is 7.26. The third-order valence-corrected chi connectivity index (χ3v) is 2.72. The van der Waals surface area contributed by atoms with Gasteiger partial charge in [0.2, 0.25) is 0 Å². The summed E-state index contributed by atoms with van der Waals surface area (Å²) >= 11 is 0. The lowest BCUT2D eigenvalue weighted by molar-refractivity contribution is -0.140. The number of alkyl carbamates (subject to hydrolysis) is 1. The molecule has 0 saturated carbocycles. The average molecular weight is 320 g/mol. The van der Waals surface area contributed by atoms with Crippen molar-refractivity contribution in [2.24, 2.45) is 0 Å². The van der Waals surface area contributed by atoms with Crippen molar-refractivity contribution in [3.63, 3.8) is 0 Å². The molecule has 130 valence electrons. The molecule has 0 saturated heterocycles. The number of esters is 1. The fraction of sp³-hybridized carbons (Fsp3) is 0.857. The van der Waals surface area contributed by atoms with Crippen molar-refractivity contribution >= 4 is 12.1 Å². The minimum atomic E-state index is -1.38. The van der Waals surface area contributed by atoms with Gasteiger partial charge in [0.1, 0.15) is 17.9 Å². The summed E-state index contributed by atoms with van der Waals surface area (Å²) in [5.41, 5.74) is -0.659. The largest absolute Gasteiger partial charge is 0.468 e. The van der Waals surface area contributed by atoms with E-state index in [2.05, 4.69) is 15.4 Å². The van der Waals surface area contributed by atoms with Crippen molar-refractivity contribution in [3.8, 4) is 0 Å². The molecule has 0 aliphatic carbocycles. The molecule has 0 rings (SSSR count). The van der Waals surface area contributed by atoms with Gasteiger partial charge in [-0.3, -0.25) is 10.1 Å². The zero-order chi connectivity index (χ0) is 17.3. The summed E-state index contributed by atoms with van der Waals surface area (Å²) in [7, 11) is 1.22. The second-order valence-corrected chi connectivity index (χ2v) is 5.93. The summed E-state index contributed by atoms with van der Waals surface area (Å²) in [4.78, 5) is 22.8. The van der Waals surface area contributed by atoms with Crippen molar-refractivity contribution in [3.05, 3.63) is 0 Å². The van der Waals surface area contributed by atoms with Crippen LogP contribution in [0.5, 0.6) is 0 Å². The average Bonchev–Trinajstić information content (AvgIpc) is 2.40. The van der Waals surface area contributed by atoms with Crippen LogP contribution >= 0.6 is 0 Å². The molecule has 8 heteroatoms. The van der Waals surface area contributed by atoms with E-state index in [0.717, 1.165) is 0 Å². The monoisotopic (exact) mass is 320 g/mol. The molecule has 1 amide bonds. The van der Waals surface area contributed by atoms with Gasteiger partial charge in [-0.25, -0.2) is 4.79 Å². The van der Waals surface area contributed by atoms with Gasteiger partial charge in [0.25, 0.3) is 0 Å². The Morgan fingerprint density at radius 3 is 2.27 bits per heavy atom. The number of carbonyl (C=O) groups excluding carboxylic acids is 2. The number of aliphatic hydroxyl groups excluding tert-OH is 2. The summed E-state index contributed by atoms with van der Waals surface area (Å²) < 4.78 is 9.55. The Bertz CT molecular complexity index is 356. The number of carbonyl (C=O) groups is 2. The molecule has 0 bridgehead atoms. The van der Waals surface area contributed by atoms with Gasteiger partial charge in [-0.05, 0) is 27.2 Å². The summed E-state index contributed by atoms with van der Waals surface area (Å²) in [6, 6.07) is -0.708. The highest BCUT2D eigenvalue weighted by molar-refractivity contribution is 5.71. The Labute approximate surface area is 131 Å². The quantitative estimate of drug-likeness (QED) is 0.371. The number of hydrogen-bond acceptors (Lipinski definition) is 7. The van der Waals surface area contributed by atoms with E-state index in [9.17, 15) is 19.8 Å². The Morgan fingerprint density at radius 1 is 1.23 bits per heavy atom. The Hall–Kier alpha value is -1.38. The zero-order valence-electron chi connectivity index (χ0n) is 13.9. The van der Waals surface area contributed by atoms with E-state index in [1.54, 1.807) is 20.8 Å². The molecular weight excluding hydrogens is 292 g/mol. The number of aliphatic hydroxyl groups is 2. The number of hydrogen-bond donors (Lipinski definition) is 4. The highest BCUT2D eigenvalue weighted by Crippen LogP contribution is 2.10. The van der Waals surface area contributed by atoms with E-state index in [4.69, 9.17) is 4.74 Å². The van der Waals surface area contributed by atoms with Gasteiger partial charge in [-0.1, -0.05) is 13.3 Å². The molecule has 3 atom stereocenters. The topological polar surface area (TPSA) is 117 Å². The molecule has 0 heterocycles. The number of ether oxygens (including phenoxy) is 2. The van der Waals surface area contributed by atoms with E-state index in [-0.39, 0.29) is 6.54 Å². The summed E-state index contributed by atoms with van der Waals surface area (Å²) in [6.45, 7) is 6.81. The smallest absolute Gasteiger partial charge is 0.407 e. The predicted octanol–water partition coefficient (Wildman–Crippen LogP) is 0.122. The van der Waals surface area contributed by atoms with Gasteiger partial charge >= 0.3 is 12.1 Å². The maximum Gasteiger partial charge on any atom is 0.407 e. The van der Waals surface area contributed by atoms with Crippen LogP contribution in [0.3, 0.4) is 0 Å². The molecule has 0 aliphatic heterocycles. The van der Waals surface area contributed by atoms with Crippen LogP contribution in [-0.2, 0) is 14.3 Å². The van der Waals surface area contributed by atoms with Gasteiger partial charge < -0.3 is 25.0 Å². The van der Waals surface area contributed by atoms with Crippen molar-refractivity contribution in [2.45, 2.75) is 64.5 Å². The minimum absolute atomic E-state index is 0.250. The molecule has 0 fully saturated rings. The summed E-state index contributed by atoms with van der Waals surface area (Å²) in [5.74, 6) is -0.571. The molecular formula is C14H28N2O6. The third kappa shape index (κ3) is 8.81. The van der Waals surface area contributed by atoms with E-state index in [1.807, 2.05) is 6.92 Å². The fourth-order valence-electron chi connectivity index (χ4n) is 1.70. The van der Waals surface area contributed by atoms with Crippen molar-refractivity contribution in [1.82, 2.24) is 10.6 Å². The van der Waals surface area contributed by atoms with E-state index >= 15 is 0 Å². The molecule has 4 N–H and O–H groups in total. The van der Waals surface area contributed by atoms with Gasteiger partial charge in [-0.15, -0.1) is 0 Å². The maximum atomic E-state index is 11.8. The SMILES string of the molecule is CCCC(NC(=O)OC(C)(C)C)C(O)C(O)NCC(=O)OC. The molecule has 0 aromatic heterocycles. The van der Waals surface area contributed by atoms with Crippen LogP contribution < -0.4 is 10.6 Å². The number of amides is 1. The van der Waals surface area contributed by atoms with Crippen LogP contribution in [0.2, 0.25) is 0 Å². The normalized spacial score (nSPS) is 15.6. The van der Waals surface area contributed by atoms with Crippen LogP contribution in [-0.4, -0.2) is 59.9 Å². The summed E-state index contributed by atoms with van der Waals surface area (Å²) in [5, 5.41) is 24.9. The maximum absolute atomic E-state index is 11.8. The van der Waals surface area contributed by atoms with Gasteiger partial charge in [-0.2, -0.15) is 0 Å². The Morgan fingerprint density at radius 2 is 1.82 bits per heavy atom. The fourth-order valence-corrected chi connectivity index (χ4v) is 1.70. The van der Waals surface area contributed by atoms with E-state index < -0.39 is 36.0 Å². The second kappa shape index (κ2) is 9.60. The first-order valence-electron chi connectivity index (χ1n) is 7.26. The second-order valence-electron chi connectivity index (χ2n) is 5.93. The first kappa shape index (κ1) is 20.6. The van der Waals surface area contributed by atoms with Crippen molar-refractivity contribution in [1.29, 1.82) is 0 Å². The molecule has 0 spiro atoms. The van der Waals surface area contributed by atoms with E-state index in [0.29, 0.717) is 12.8 Å². The lowest BCUT2D eigenvalue weighted by atomic mass is 10.0. The minimum Gasteiger partial charge on any atom is -0.468 e. The standard InChI is InChI=1S/C14H28N2O6/c1-6-7-9(16-13(20)22-14(2,3)4)11(18)12(19)15-8-10(17)21-5/h9,11-12,15,18-19H,6-8H2,1-5H3,(H,16,20). The van der Waals surface area contributed by atoms with Crippen molar-refractivity contribution in [2.75, 3.05) is 13.7 Å². The Kier molecular flexibility index (Phi) is 9.00. The zero-order valence-corrected chi connectivity index (χ0v) is 13.9. The highest BCUT2D eigenvalue weighted by atomic mass is 16.6. The number of rotatable bonds is 8. The molecule has 0 aromatic rings. The van der Waals surface area contributed by atoms with Crippen LogP contribution in [0.4, 0.5) is 4.79 Å². The molecule has 0 aliphatic rings. The van der Waals surface area contributed by atoms with Crippen LogP contribution in [0, 0.1) is 0 Å². The van der Waals surface area contributed by atoms with Gasteiger partial charge in [0.15, 0.2) is 0 Å². The van der Waals surface area contributed by atoms with E-state index in [1.165, 1.54) is 7.11 Å².